The van der Waals surface area contributed by atoms with Crippen molar-refractivity contribution in [2.75, 3.05) is 20.2 Å². The summed E-state index contributed by atoms with van der Waals surface area (Å²) in [6.07, 6.45) is 11.5. The molecule has 0 N–H and O–H groups in total. The van der Waals surface area contributed by atoms with E-state index in [-0.39, 0.29) is 17.8 Å². The summed E-state index contributed by atoms with van der Waals surface area (Å²) in [7, 11) is 1.42. The highest BCUT2D eigenvalue weighted by molar-refractivity contribution is 5.92. The molecule has 27 heavy (non-hydrogen) atoms. The lowest BCUT2D eigenvalue weighted by Gasteiger charge is -2.29. The van der Waals surface area contributed by atoms with Gasteiger partial charge in [0, 0.05) is 36.6 Å². The molecule has 1 aliphatic heterocycles. The zero-order valence-corrected chi connectivity index (χ0v) is 16.9. The van der Waals surface area contributed by atoms with Crippen LogP contribution in [-0.4, -0.2) is 41.5 Å². The van der Waals surface area contributed by atoms with Gasteiger partial charge >= 0.3 is 5.97 Å². The number of aromatic nitrogens is 1. The minimum atomic E-state index is -0.159. The quantitative estimate of drug-likeness (QED) is 0.592. The molecule has 0 unspecified atom stereocenters. The zero-order chi connectivity index (χ0) is 19.4. The van der Waals surface area contributed by atoms with Crippen molar-refractivity contribution in [3.8, 4) is 0 Å². The second-order valence-electron chi connectivity index (χ2n) is 7.94. The molecule has 5 nitrogen and oxygen atoms in total. The number of piperidine rings is 1. The molecular weight excluding hydrogens is 340 g/mol. The number of ether oxygens (including phenoxy) is 1. The van der Waals surface area contributed by atoms with Crippen LogP contribution in [0.1, 0.15) is 67.9 Å². The van der Waals surface area contributed by atoms with Gasteiger partial charge in [0.2, 0.25) is 5.91 Å². The lowest BCUT2D eigenvalue weighted by Crippen LogP contribution is -2.39. The highest BCUT2D eigenvalue weighted by Crippen LogP contribution is 2.32. The number of hydrogen-bond acceptors (Lipinski definition) is 3. The molecule has 1 amide bonds. The first-order valence-corrected chi connectivity index (χ1v) is 10.2. The predicted octanol–water partition coefficient (Wildman–Crippen LogP) is 4.03. The van der Waals surface area contributed by atoms with E-state index >= 15 is 0 Å². The van der Waals surface area contributed by atoms with Crippen LogP contribution in [-0.2, 0) is 14.3 Å². The number of hydrogen-bond donors (Lipinski definition) is 0. The van der Waals surface area contributed by atoms with Crippen LogP contribution < -0.4 is 0 Å². The Hall–Kier alpha value is -2.04. The van der Waals surface area contributed by atoms with Crippen LogP contribution in [0, 0.1) is 19.8 Å². The molecule has 1 aromatic heterocycles. The van der Waals surface area contributed by atoms with E-state index in [0.29, 0.717) is 32.0 Å². The Balaban J connectivity index is 1.62. The fourth-order valence-corrected chi connectivity index (χ4v) is 4.64. The molecule has 0 spiro atoms. The lowest BCUT2D eigenvalue weighted by molar-refractivity contribution is -0.148. The number of rotatable bonds is 4. The van der Waals surface area contributed by atoms with Gasteiger partial charge in [-0.3, -0.25) is 9.59 Å². The summed E-state index contributed by atoms with van der Waals surface area (Å²) in [6, 6.07) is 2.80. The summed E-state index contributed by atoms with van der Waals surface area (Å²) in [5, 5.41) is 0. The maximum Gasteiger partial charge on any atom is 0.308 e. The SMILES string of the molecule is COC(=O)C1CCN(C(=O)/C=C/c2cc(C)n(C3CCCCC3)c2C)CC1. The molecule has 0 bridgehead atoms. The molecule has 2 heterocycles. The monoisotopic (exact) mass is 372 g/mol. The van der Waals surface area contributed by atoms with Gasteiger partial charge in [0.25, 0.3) is 0 Å². The summed E-state index contributed by atoms with van der Waals surface area (Å²) >= 11 is 0. The van der Waals surface area contributed by atoms with Crippen molar-refractivity contribution in [2.24, 2.45) is 5.92 Å². The van der Waals surface area contributed by atoms with Gasteiger partial charge in [0.05, 0.1) is 13.0 Å². The topological polar surface area (TPSA) is 51.5 Å². The van der Waals surface area contributed by atoms with Crippen LogP contribution in [0.2, 0.25) is 0 Å². The van der Waals surface area contributed by atoms with E-state index < -0.39 is 0 Å². The number of likely N-dealkylation sites (tertiary alicyclic amines) is 1. The molecule has 0 aromatic carbocycles. The minimum Gasteiger partial charge on any atom is -0.469 e. The van der Waals surface area contributed by atoms with Gasteiger partial charge in [0.1, 0.15) is 0 Å². The fourth-order valence-electron chi connectivity index (χ4n) is 4.64. The third-order valence-corrected chi connectivity index (χ3v) is 6.21. The first kappa shape index (κ1) is 19.7. The summed E-state index contributed by atoms with van der Waals surface area (Å²) in [5.41, 5.74) is 3.68. The summed E-state index contributed by atoms with van der Waals surface area (Å²) in [6.45, 7) is 5.56. The number of amides is 1. The van der Waals surface area contributed by atoms with Crippen LogP contribution >= 0.6 is 0 Å². The van der Waals surface area contributed by atoms with E-state index in [2.05, 4.69) is 24.5 Å². The molecule has 5 heteroatoms. The molecule has 0 radical (unpaired) electrons. The third kappa shape index (κ3) is 4.45. The van der Waals surface area contributed by atoms with Gasteiger partial charge in [-0.25, -0.2) is 0 Å². The Kier molecular flexibility index (Phi) is 6.40. The average molecular weight is 373 g/mol. The average Bonchev–Trinajstić information content (AvgIpc) is 2.99. The molecule has 2 fully saturated rings. The van der Waals surface area contributed by atoms with Crippen molar-refractivity contribution in [3.63, 3.8) is 0 Å². The summed E-state index contributed by atoms with van der Waals surface area (Å²) in [5.74, 6) is -0.203. The van der Waals surface area contributed by atoms with E-state index in [4.69, 9.17) is 4.74 Å². The van der Waals surface area contributed by atoms with Crippen LogP contribution in [0.15, 0.2) is 12.1 Å². The first-order valence-electron chi connectivity index (χ1n) is 10.2. The van der Waals surface area contributed by atoms with E-state index in [0.717, 1.165) is 5.56 Å². The fraction of sp³-hybridized carbons (Fsp3) is 0.636. The Bertz CT molecular complexity index is 705. The molecule has 1 saturated heterocycles. The number of nitrogens with zero attached hydrogens (tertiary/aromatic N) is 2. The molecule has 2 aliphatic rings. The molecule has 1 saturated carbocycles. The maximum absolute atomic E-state index is 12.5. The number of esters is 1. The van der Waals surface area contributed by atoms with Crippen molar-refractivity contribution in [3.05, 3.63) is 29.1 Å². The largest absolute Gasteiger partial charge is 0.469 e. The van der Waals surface area contributed by atoms with Gasteiger partial charge in [0.15, 0.2) is 0 Å². The van der Waals surface area contributed by atoms with Gasteiger partial charge < -0.3 is 14.2 Å². The number of aryl methyl sites for hydroxylation is 1. The lowest BCUT2D eigenvalue weighted by atomic mass is 9.95. The predicted molar refractivity (Wildman–Crippen MR) is 106 cm³/mol. The standard InChI is InChI=1S/C22H32N2O3/c1-16-15-19(17(2)24(16)20-7-5-4-6-8-20)9-10-21(25)23-13-11-18(12-14-23)22(26)27-3/h9-10,15,18,20H,4-8,11-14H2,1-3H3/b10-9+. The highest BCUT2D eigenvalue weighted by atomic mass is 16.5. The Morgan fingerprint density at radius 3 is 2.37 bits per heavy atom. The van der Waals surface area contributed by atoms with Crippen LogP contribution in [0.3, 0.4) is 0 Å². The Morgan fingerprint density at radius 2 is 1.74 bits per heavy atom. The maximum atomic E-state index is 12.5. The highest BCUT2D eigenvalue weighted by Gasteiger charge is 2.27. The molecular formula is C22H32N2O3. The normalized spacial score (nSPS) is 19.6. The molecule has 0 atom stereocenters. The van der Waals surface area contributed by atoms with Crippen molar-refractivity contribution in [1.82, 2.24) is 9.47 Å². The summed E-state index contributed by atoms with van der Waals surface area (Å²) < 4.78 is 7.27. The molecule has 148 valence electrons. The van der Waals surface area contributed by atoms with Gasteiger partial charge in [-0.05, 0) is 57.2 Å². The molecule has 1 aromatic rings. The van der Waals surface area contributed by atoms with Crippen LogP contribution in [0.5, 0.6) is 0 Å². The number of methoxy groups -OCH3 is 1. The van der Waals surface area contributed by atoms with Gasteiger partial charge in [-0.1, -0.05) is 19.3 Å². The van der Waals surface area contributed by atoms with E-state index in [1.807, 2.05) is 11.0 Å². The van der Waals surface area contributed by atoms with Gasteiger partial charge in [-0.15, -0.1) is 0 Å². The van der Waals surface area contributed by atoms with Crippen LogP contribution in [0.4, 0.5) is 0 Å². The van der Waals surface area contributed by atoms with Crippen LogP contribution in [0.25, 0.3) is 6.08 Å². The van der Waals surface area contributed by atoms with Crippen molar-refractivity contribution in [1.29, 1.82) is 0 Å². The van der Waals surface area contributed by atoms with Gasteiger partial charge in [-0.2, -0.15) is 0 Å². The second kappa shape index (κ2) is 8.77. The van der Waals surface area contributed by atoms with Crippen molar-refractivity contribution < 1.29 is 14.3 Å². The number of carbonyl (C=O) groups excluding carboxylic acids is 2. The minimum absolute atomic E-state index is 0.0285. The Labute approximate surface area is 162 Å². The zero-order valence-electron chi connectivity index (χ0n) is 16.9. The second-order valence-corrected chi connectivity index (χ2v) is 7.94. The summed E-state index contributed by atoms with van der Waals surface area (Å²) in [4.78, 5) is 26.0. The van der Waals surface area contributed by atoms with Crippen molar-refractivity contribution in [2.45, 2.75) is 64.8 Å². The van der Waals surface area contributed by atoms with E-state index in [9.17, 15) is 9.59 Å². The first-order chi connectivity index (χ1) is 13.0. The van der Waals surface area contributed by atoms with Crippen molar-refractivity contribution >= 4 is 18.0 Å². The molecule has 3 rings (SSSR count). The Morgan fingerprint density at radius 1 is 1.07 bits per heavy atom. The smallest absolute Gasteiger partial charge is 0.308 e. The van der Waals surface area contributed by atoms with E-state index in [1.165, 1.54) is 50.6 Å². The third-order valence-electron chi connectivity index (χ3n) is 6.21. The number of carbonyl (C=O) groups is 2. The van der Waals surface area contributed by atoms with E-state index in [1.54, 1.807) is 6.08 Å². The molecule has 1 aliphatic carbocycles.